The molecule has 0 radical (unpaired) electrons. The van der Waals surface area contributed by atoms with Gasteiger partial charge in [0.1, 0.15) is 5.75 Å². The lowest BCUT2D eigenvalue weighted by atomic mass is 10.1. The van der Waals surface area contributed by atoms with E-state index in [4.69, 9.17) is 0 Å². The van der Waals surface area contributed by atoms with Gasteiger partial charge in [-0.1, -0.05) is 18.2 Å². The molecule has 0 fully saturated rings. The van der Waals surface area contributed by atoms with Crippen molar-refractivity contribution in [3.8, 4) is 5.75 Å². The first-order valence-corrected chi connectivity index (χ1v) is 6.21. The van der Waals surface area contributed by atoms with Crippen molar-refractivity contribution in [2.45, 2.75) is 6.42 Å². The van der Waals surface area contributed by atoms with Gasteiger partial charge in [-0.2, -0.15) is 10.2 Å². The highest BCUT2D eigenvalue weighted by Crippen LogP contribution is 2.21. The maximum Gasteiger partial charge on any atom is 0.258 e. The summed E-state index contributed by atoms with van der Waals surface area (Å²) < 4.78 is 0. The smallest absolute Gasteiger partial charge is 0.258 e. The Hall–Kier alpha value is -2.96. The van der Waals surface area contributed by atoms with Crippen molar-refractivity contribution in [3.63, 3.8) is 0 Å². The van der Waals surface area contributed by atoms with Crippen LogP contribution in [0.15, 0.2) is 41.1 Å². The lowest BCUT2D eigenvalue weighted by Gasteiger charge is -2.05. The Morgan fingerprint density at radius 1 is 1.57 bits per heavy atom. The number of hydrogen-bond donors (Lipinski definition) is 3. The topological polar surface area (TPSA) is 103 Å². The molecule has 0 unspecified atom stereocenters. The predicted octanol–water partition coefficient (Wildman–Crippen LogP) is 0.303. The average molecular weight is 286 g/mol. The van der Waals surface area contributed by atoms with Crippen molar-refractivity contribution in [1.29, 1.82) is 0 Å². The Bertz CT molecular complexity index is 637. The molecule has 1 aliphatic heterocycles. The molecule has 1 aliphatic rings. The highest BCUT2D eigenvalue weighted by Gasteiger charge is 2.28. The van der Waals surface area contributed by atoms with Gasteiger partial charge in [-0.15, -0.1) is 6.58 Å². The first-order chi connectivity index (χ1) is 10.1. The number of benzene rings is 1. The van der Waals surface area contributed by atoms with Crippen LogP contribution in [0.5, 0.6) is 5.75 Å². The van der Waals surface area contributed by atoms with Crippen LogP contribution in [0.3, 0.4) is 0 Å². The highest BCUT2D eigenvalue weighted by atomic mass is 16.3. The third-order valence-electron chi connectivity index (χ3n) is 2.86. The Kier molecular flexibility index (Phi) is 4.45. The molecule has 0 spiro atoms. The fourth-order valence-electron chi connectivity index (χ4n) is 1.77. The SMILES string of the molecule is C=CCc1cccc(/C=N\NC(=O)[C@@H]2C=NNC2=O)c1O. The first-order valence-electron chi connectivity index (χ1n) is 6.21. The van der Waals surface area contributed by atoms with Crippen LogP contribution < -0.4 is 10.9 Å². The number of carbonyl (C=O) groups is 2. The number of nitrogens with one attached hydrogen (secondary N) is 2. The van der Waals surface area contributed by atoms with Gasteiger partial charge < -0.3 is 5.11 Å². The van der Waals surface area contributed by atoms with Gasteiger partial charge in [-0.05, 0) is 18.1 Å². The number of amides is 2. The summed E-state index contributed by atoms with van der Waals surface area (Å²) in [6, 6.07) is 5.19. The number of para-hydroxylation sites is 1. The van der Waals surface area contributed by atoms with Crippen molar-refractivity contribution in [1.82, 2.24) is 10.9 Å². The van der Waals surface area contributed by atoms with Gasteiger partial charge in [0.15, 0.2) is 5.92 Å². The molecule has 3 N–H and O–H groups in total. The number of rotatable bonds is 5. The molecule has 0 aliphatic carbocycles. The van der Waals surface area contributed by atoms with Crippen molar-refractivity contribution in [2.24, 2.45) is 16.1 Å². The lowest BCUT2D eigenvalue weighted by molar-refractivity contribution is -0.131. The molecule has 0 saturated carbocycles. The van der Waals surface area contributed by atoms with Gasteiger partial charge in [-0.25, -0.2) is 10.9 Å². The summed E-state index contributed by atoms with van der Waals surface area (Å²) in [5.74, 6) is -2.00. The van der Waals surface area contributed by atoms with Crippen LogP contribution in [0.25, 0.3) is 0 Å². The van der Waals surface area contributed by atoms with Gasteiger partial charge in [0, 0.05) is 11.8 Å². The number of hydrogen-bond acceptors (Lipinski definition) is 5. The third-order valence-corrected chi connectivity index (χ3v) is 2.86. The van der Waals surface area contributed by atoms with E-state index in [0.717, 1.165) is 0 Å². The van der Waals surface area contributed by atoms with E-state index in [0.29, 0.717) is 17.5 Å². The van der Waals surface area contributed by atoms with Crippen LogP contribution in [0.2, 0.25) is 0 Å². The molecule has 0 aromatic heterocycles. The molecule has 108 valence electrons. The fraction of sp³-hybridized carbons (Fsp3) is 0.143. The summed E-state index contributed by atoms with van der Waals surface area (Å²) in [6.45, 7) is 3.61. The van der Waals surface area contributed by atoms with E-state index in [1.54, 1.807) is 24.3 Å². The minimum Gasteiger partial charge on any atom is -0.507 e. The summed E-state index contributed by atoms with van der Waals surface area (Å²) in [4.78, 5) is 22.9. The second-order valence-corrected chi connectivity index (χ2v) is 4.31. The van der Waals surface area contributed by atoms with Gasteiger partial charge in [0.05, 0.1) is 6.21 Å². The monoisotopic (exact) mass is 286 g/mol. The number of hydrazone groups is 2. The molecular weight excluding hydrogens is 272 g/mol. The van der Waals surface area contributed by atoms with Crippen LogP contribution >= 0.6 is 0 Å². The van der Waals surface area contributed by atoms with Crippen LogP contribution in [0.4, 0.5) is 0 Å². The summed E-state index contributed by atoms with van der Waals surface area (Å²) in [5, 5.41) is 17.2. The van der Waals surface area contributed by atoms with E-state index < -0.39 is 17.7 Å². The minimum atomic E-state index is -0.983. The molecule has 1 heterocycles. The zero-order valence-corrected chi connectivity index (χ0v) is 11.1. The van der Waals surface area contributed by atoms with Gasteiger partial charge in [-0.3, -0.25) is 9.59 Å². The molecule has 0 bridgehead atoms. The molecule has 1 aromatic carbocycles. The fourth-order valence-corrected chi connectivity index (χ4v) is 1.77. The molecular formula is C14H14N4O3. The number of allylic oxidation sites excluding steroid dienone is 1. The zero-order valence-electron chi connectivity index (χ0n) is 11.1. The van der Waals surface area contributed by atoms with Crippen molar-refractivity contribution < 1.29 is 14.7 Å². The summed E-state index contributed by atoms with van der Waals surface area (Å²) in [6.07, 6.45) is 4.72. The molecule has 0 saturated heterocycles. The molecule has 1 atom stereocenters. The van der Waals surface area contributed by atoms with E-state index in [2.05, 4.69) is 27.6 Å². The summed E-state index contributed by atoms with van der Waals surface area (Å²) in [7, 11) is 0. The molecule has 21 heavy (non-hydrogen) atoms. The lowest BCUT2D eigenvalue weighted by Crippen LogP contribution is -2.34. The quantitative estimate of drug-likeness (QED) is 0.314. The number of aromatic hydroxyl groups is 1. The molecule has 7 heteroatoms. The largest absolute Gasteiger partial charge is 0.507 e. The molecule has 1 aromatic rings. The second kappa shape index (κ2) is 6.47. The first kappa shape index (κ1) is 14.4. The van der Waals surface area contributed by atoms with E-state index in [1.807, 2.05) is 0 Å². The zero-order chi connectivity index (χ0) is 15.2. The normalized spacial score (nSPS) is 17.0. The summed E-state index contributed by atoms with van der Waals surface area (Å²) in [5.41, 5.74) is 5.56. The van der Waals surface area contributed by atoms with Gasteiger partial charge >= 0.3 is 0 Å². The van der Waals surface area contributed by atoms with Crippen molar-refractivity contribution in [2.75, 3.05) is 0 Å². The van der Waals surface area contributed by atoms with E-state index in [9.17, 15) is 14.7 Å². The van der Waals surface area contributed by atoms with Crippen molar-refractivity contribution >= 4 is 24.2 Å². The molecule has 7 nitrogen and oxygen atoms in total. The highest BCUT2D eigenvalue weighted by molar-refractivity contribution is 6.15. The number of phenolic OH excluding ortho intramolecular Hbond substituents is 1. The number of carbonyl (C=O) groups excluding carboxylic acids is 2. The van der Waals surface area contributed by atoms with Gasteiger partial charge in [0.2, 0.25) is 0 Å². The third kappa shape index (κ3) is 3.33. The van der Waals surface area contributed by atoms with Gasteiger partial charge in [0.25, 0.3) is 11.8 Å². The van der Waals surface area contributed by atoms with Crippen LogP contribution in [0.1, 0.15) is 11.1 Å². The van der Waals surface area contributed by atoms with Crippen LogP contribution in [-0.4, -0.2) is 29.4 Å². The second-order valence-electron chi connectivity index (χ2n) is 4.31. The average Bonchev–Trinajstić information content (AvgIpc) is 2.89. The molecule has 2 rings (SSSR count). The maximum atomic E-state index is 11.6. The minimum absolute atomic E-state index is 0.0792. The summed E-state index contributed by atoms with van der Waals surface area (Å²) >= 11 is 0. The van der Waals surface area contributed by atoms with E-state index in [1.165, 1.54) is 12.4 Å². The maximum absolute atomic E-state index is 11.6. The Labute approximate surface area is 121 Å². The standard InChI is InChI=1S/C14H14N4O3/c1-2-4-9-5-3-6-10(12(9)19)7-15-17-13(20)11-8-16-18-14(11)21/h2-3,5-8,11,19H,1,4H2,(H,17,20)(H,18,21)/b15-7-/t11-/m0/s1. The Balaban J connectivity index is 2.03. The number of phenols is 1. The van der Waals surface area contributed by atoms with E-state index in [-0.39, 0.29) is 5.75 Å². The predicted molar refractivity (Wildman–Crippen MR) is 77.9 cm³/mol. The van der Waals surface area contributed by atoms with Crippen molar-refractivity contribution in [3.05, 3.63) is 42.0 Å². The van der Waals surface area contributed by atoms with Crippen LogP contribution in [0, 0.1) is 5.92 Å². The number of nitrogens with zero attached hydrogens (tertiary/aromatic N) is 2. The Morgan fingerprint density at radius 2 is 2.38 bits per heavy atom. The van der Waals surface area contributed by atoms with Crippen LogP contribution in [-0.2, 0) is 16.0 Å². The Morgan fingerprint density at radius 3 is 3.05 bits per heavy atom. The van der Waals surface area contributed by atoms with E-state index >= 15 is 0 Å². The molecule has 2 amide bonds.